The van der Waals surface area contributed by atoms with Crippen molar-refractivity contribution in [3.8, 4) is 11.4 Å². The van der Waals surface area contributed by atoms with Gasteiger partial charge in [-0.15, -0.1) is 0 Å². The first-order chi connectivity index (χ1) is 14.5. The fraction of sp³-hybridized carbons (Fsp3) is 0.136. The molecule has 0 amide bonds. The minimum absolute atomic E-state index is 0.110. The number of aromatic nitrogens is 2. The first-order valence-electron chi connectivity index (χ1n) is 9.30. The number of aliphatic carboxylic acids is 1. The lowest BCUT2D eigenvalue weighted by Gasteiger charge is -2.22. The molecule has 4 rings (SSSR count). The Labute approximate surface area is 171 Å². The summed E-state index contributed by atoms with van der Waals surface area (Å²) >= 11 is 0. The summed E-state index contributed by atoms with van der Waals surface area (Å²) in [7, 11) is 1.60. The Hall–Kier alpha value is -3.78. The number of dihydropyridines is 1. The molecule has 0 bridgehead atoms. The first kappa shape index (κ1) is 19.5. The second kappa shape index (κ2) is 7.92. The van der Waals surface area contributed by atoms with Crippen molar-refractivity contribution >= 4 is 16.9 Å². The predicted octanol–water partition coefficient (Wildman–Crippen LogP) is 2.28. The second-order valence-corrected chi connectivity index (χ2v) is 6.89. The van der Waals surface area contributed by atoms with Crippen LogP contribution in [0.4, 0.5) is 4.39 Å². The molecule has 2 heterocycles. The van der Waals surface area contributed by atoms with Crippen LogP contribution in [0.25, 0.3) is 22.3 Å². The molecule has 0 saturated heterocycles. The summed E-state index contributed by atoms with van der Waals surface area (Å²) in [5.74, 6) is -1.16. The summed E-state index contributed by atoms with van der Waals surface area (Å²) in [6, 6.07) is 11.7. The summed E-state index contributed by atoms with van der Waals surface area (Å²) in [5, 5.41) is 15.5. The van der Waals surface area contributed by atoms with E-state index in [4.69, 9.17) is 0 Å². The number of hydrogen-bond donors (Lipinski definition) is 3. The lowest BCUT2D eigenvalue weighted by atomic mass is 10.1. The van der Waals surface area contributed by atoms with Crippen molar-refractivity contribution in [2.75, 3.05) is 0 Å². The SMILES string of the molecule is Cn1c(-c2ccccc2)nc2c(CNC3NC=CC=C3C(=O)O)cc(F)cc2c1=O. The Bertz CT molecular complexity index is 1250. The molecule has 1 unspecified atom stereocenters. The third-order valence-electron chi connectivity index (χ3n) is 4.95. The van der Waals surface area contributed by atoms with Gasteiger partial charge >= 0.3 is 5.97 Å². The van der Waals surface area contributed by atoms with E-state index >= 15 is 0 Å². The van der Waals surface area contributed by atoms with Crippen molar-refractivity contribution in [2.24, 2.45) is 7.05 Å². The standard InChI is InChI=1S/C22H19FN4O3/c1-27-20(13-6-3-2-4-7-13)26-18-14(10-15(23)11-17(18)21(27)28)12-25-19-16(22(29)30)8-5-9-24-19/h2-11,19,24-25H,12H2,1H3,(H,29,30). The van der Waals surface area contributed by atoms with E-state index in [0.717, 1.165) is 5.56 Å². The highest BCUT2D eigenvalue weighted by Gasteiger charge is 2.21. The van der Waals surface area contributed by atoms with Crippen molar-refractivity contribution in [1.82, 2.24) is 20.2 Å². The summed E-state index contributed by atoms with van der Waals surface area (Å²) in [5.41, 5.74) is 1.37. The molecule has 8 heteroatoms. The van der Waals surface area contributed by atoms with Crippen LogP contribution in [0.3, 0.4) is 0 Å². The van der Waals surface area contributed by atoms with Gasteiger partial charge in [0.05, 0.1) is 16.5 Å². The van der Waals surface area contributed by atoms with Crippen LogP contribution < -0.4 is 16.2 Å². The number of nitrogens with zero attached hydrogens (tertiary/aromatic N) is 2. The normalized spacial score (nSPS) is 15.7. The van der Waals surface area contributed by atoms with Crippen LogP contribution in [0.1, 0.15) is 5.56 Å². The number of carbonyl (C=O) groups is 1. The number of fused-ring (bicyclic) bond motifs is 1. The van der Waals surface area contributed by atoms with Crippen LogP contribution in [0.5, 0.6) is 0 Å². The molecule has 1 aliphatic rings. The molecule has 30 heavy (non-hydrogen) atoms. The average Bonchev–Trinajstić information content (AvgIpc) is 2.75. The molecule has 3 aromatic rings. The fourth-order valence-electron chi connectivity index (χ4n) is 3.45. The Morgan fingerprint density at radius 1 is 1.30 bits per heavy atom. The Morgan fingerprint density at radius 2 is 2.07 bits per heavy atom. The van der Waals surface area contributed by atoms with Crippen molar-refractivity contribution in [3.63, 3.8) is 0 Å². The smallest absolute Gasteiger partial charge is 0.335 e. The number of carboxylic acid groups (broad SMARTS) is 1. The van der Waals surface area contributed by atoms with Gasteiger partial charge in [0.25, 0.3) is 5.56 Å². The highest BCUT2D eigenvalue weighted by molar-refractivity contribution is 5.88. The maximum absolute atomic E-state index is 14.3. The Kier molecular flexibility index (Phi) is 5.16. The summed E-state index contributed by atoms with van der Waals surface area (Å²) < 4.78 is 15.7. The molecule has 0 spiro atoms. The Morgan fingerprint density at radius 3 is 2.80 bits per heavy atom. The van der Waals surface area contributed by atoms with Gasteiger partial charge in [0.1, 0.15) is 17.8 Å². The molecule has 1 aromatic heterocycles. The predicted molar refractivity (Wildman–Crippen MR) is 111 cm³/mol. The van der Waals surface area contributed by atoms with Gasteiger partial charge in [-0.3, -0.25) is 14.7 Å². The number of benzene rings is 2. The molecule has 1 aliphatic heterocycles. The van der Waals surface area contributed by atoms with E-state index in [1.807, 2.05) is 30.3 Å². The number of halogens is 1. The van der Waals surface area contributed by atoms with Crippen LogP contribution in [0, 0.1) is 5.82 Å². The van der Waals surface area contributed by atoms with Crippen LogP contribution in [0.2, 0.25) is 0 Å². The van der Waals surface area contributed by atoms with E-state index in [9.17, 15) is 19.1 Å². The van der Waals surface area contributed by atoms with Gasteiger partial charge in [0.15, 0.2) is 0 Å². The molecular formula is C22H19FN4O3. The van der Waals surface area contributed by atoms with Crippen LogP contribution in [-0.2, 0) is 18.4 Å². The van der Waals surface area contributed by atoms with Gasteiger partial charge in [0, 0.05) is 19.2 Å². The number of rotatable bonds is 5. The largest absolute Gasteiger partial charge is 0.478 e. The van der Waals surface area contributed by atoms with Crippen LogP contribution in [0.15, 0.2) is 71.2 Å². The third-order valence-corrected chi connectivity index (χ3v) is 4.95. The molecule has 0 saturated carbocycles. The highest BCUT2D eigenvalue weighted by Crippen LogP contribution is 2.22. The lowest BCUT2D eigenvalue weighted by Crippen LogP contribution is -2.44. The van der Waals surface area contributed by atoms with Gasteiger partial charge in [-0.25, -0.2) is 14.2 Å². The topological polar surface area (TPSA) is 96.2 Å². The maximum atomic E-state index is 14.3. The zero-order valence-corrected chi connectivity index (χ0v) is 16.1. The van der Waals surface area contributed by atoms with Crippen molar-refractivity contribution in [3.05, 3.63) is 88.1 Å². The number of nitrogens with one attached hydrogen (secondary N) is 2. The first-order valence-corrected chi connectivity index (χ1v) is 9.30. The molecule has 0 aliphatic carbocycles. The van der Waals surface area contributed by atoms with Crippen molar-refractivity contribution in [1.29, 1.82) is 0 Å². The molecule has 0 fully saturated rings. The maximum Gasteiger partial charge on any atom is 0.335 e. The highest BCUT2D eigenvalue weighted by atomic mass is 19.1. The molecule has 2 aromatic carbocycles. The Balaban J connectivity index is 1.77. The summed E-state index contributed by atoms with van der Waals surface area (Å²) in [6.45, 7) is 0.110. The molecule has 0 radical (unpaired) electrons. The quantitative estimate of drug-likeness (QED) is 0.602. The zero-order valence-electron chi connectivity index (χ0n) is 16.1. The van der Waals surface area contributed by atoms with E-state index in [2.05, 4.69) is 15.6 Å². The molecule has 152 valence electrons. The van der Waals surface area contributed by atoms with E-state index in [1.165, 1.54) is 22.8 Å². The second-order valence-electron chi connectivity index (χ2n) is 6.89. The van der Waals surface area contributed by atoms with Gasteiger partial charge in [0.2, 0.25) is 0 Å². The van der Waals surface area contributed by atoms with E-state index < -0.39 is 18.0 Å². The number of carboxylic acids is 1. The van der Waals surface area contributed by atoms with Gasteiger partial charge in [-0.1, -0.05) is 30.3 Å². The monoisotopic (exact) mass is 406 g/mol. The molecule has 3 N–H and O–H groups in total. The van der Waals surface area contributed by atoms with Crippen molar-refractivity contribution in [2.45, 2.75) is 12.7 Å². The van der Waals surface area contributed by atoms with Gasteiger partial charge in [-0.2, -0.15) is 0 Å². The molecule has 7 nitrogen and oxygen atoms in total. The van der Waals surface area contributed by atoms with E-state index in [0.29, 0.717) is 16.9 Å². The van der Waals surface area contributed by atoms with Gasteiger partial charge < -0.3 is 10.4 Å². The fourth-order valence-corrected chi connectivity index (χ4v) is 3.45. The van der Waals surface area contributed by atoms with Gasteiger partial charge in [-0.05, 0) is 36.0 Å². The van der Waals surface area contributed by atoms with Crippen LogP contribution >= 0.6 is 0 Å². The van der Waals surface area contributed by atoms with Crippen molar-refractivity contribution < 1.29 is 14.3 Å². The van der Waals surface area contributed by atoms with E-state index in [1.54, 1.807) is 19.3 Å². The third kappa shape index (κ3) is 3.60. The minimum atomic E-state index is -1.06. The summed E-state index contributed by atoms with van der Waals surface area (Å²) in [6.07, 6.45) is 4.04. The van der Waals surface area contributed by atoms with E-state index in [-0.39, 0.29) is 23.1 Å². The minimum Gasteiger partial charge on any atom is -0.478 e. The van der Waals surface area contributed by atoms with Crippen LogP contribution in [-0.4, -0.2) is 26.8 Å². The molecule has 1 atom stereocenters. The summed E-state index contributed by atoms with van der Waals surface area (Å²) in [4.78, 5) is 29.0. The molecular weight excluding hydrogens is 387 g/mol. The number of allylic oxidation sites excluding steroid dienone is 2. The lowest BCUT2D eigenvalue weighted by molar-refractivity contribution is -0.133. The average molecular weight is 406 g/mol. The number of hydrogen-bond acceptors (Lipinski definition) is 5. The zero-order chi connectivity index (χ0) is 21.3.